The number of carbonyl (C=O) groups is 1. The Balaban J connectivity index is 2.07. The van der Waals surface area contributed by atoms with Gasteiger partial charge >= 0.3 is 0 Å². The Labute approximate surface area is 156 Å². The van der Waals surface area contributed by atoms with Gasteiger partial charge in [0.15, 0.2) is 18.1 Å². The van der Waals surface area contributed by atoms with Gasteiger partial charge in [0.1, 0.15) is 5.82 Å². The second kappa shape index (κ2) is 8.98. The van der Waals surface area contributed by atoms with E-state index in [1.807, 2.05) is 13.8 Å². The molecule has 0 bridgehead atoms. The minimum absolute atomic E-state index is 0.0618. The summed E-state index contributed by atoms with van der Waals surface area (Å²) in [4.78, 5) is 22.6. The molecule has 0 saturated carbocycles. The molecule has 0 radical (unpaired) electrons. The van der Waals surface area contributed by atoms with Gasteiger partial charge in [-0.25, -0.2) is 4.39 Å². The van der Waals surface area contributed by atoms with Crippen molar-refractivity contribution in [1.82, 2.24) is 5.32 Å². The van der Waals surface area contributed by atoms with Crippen molar-refractivity contribution in [3.05, 3.63) is 64.0 Å². The van der Waals surface area contributed by atoms with E-state index in [0.717, 1.165) is 5.56 Å². The molecule has 0 spiro atoms. The number of nitrogens with one attached hydrogen (secondary N) is 1. The van der Waals surface area contributed by atoms with E-state index < -0.39 is 10.8 Å². The molecule has 0 heterocycles. The van der Waals surface area contributed by atoms with Crippen LogP contribution in [0, 0.1) is 21.8 Å². The summed E-state index contributed by atoms with van der Waals surface area (Å²) in [7, 11) is 1.40. The van der Waals surface area contributed by atoms with Crippen LogP contribution >= 0.6 is 0 Å². The Bertz CT molecular complexity index is 808. The number of nitro benzene ring substituents is 1. The molecule has 1 N–H and O–H groups in total. The molecular formula is C19H21FN2O5. The first-order chi connectivity index (χ1) is 12.8. The highest BCUT2D eigenvalue weighted by Crippen LogP contribution is 2.31. The fraction of sp³-hybridized carbons (Fsp3) is 0.316. The van der Waals surface area contributed by atoms with Crippen molar-refractivity contribution in [2.75, 3.05) is 13.7 Å². The van der Waals surface area contributed by atoms with Gasteiger partial charge in [-0.05, 0) is 29.7 Å². The van der Waals surface area contributed by atoms with Crippen LogP contribution in [0.5, 0.6) is 11.5 Å². The van der Waals surface area contributed by atoms with Crippen LogP contribution in [-0.2, 0) is 4.79 Å². The number of non-ortho nitro benzene ring substituents is 1. The lowest BCUT2D eigenvalue weighted by atomic mass is 9.96. The van der Waals surface area contributed by atoms with E-state index in [0.29, 0.717) is 0 Å². The quantitative estimate of drug-likeness (QED) is 0.561. The van der Waals surface area contributed by atoms with Gasteiger partial charge in [-0.3, -0.25) is 14.9 Å². The largest absolute Gasteiger partial charge is 0.493 e. The molecule has 0 aliphatic carbocycles. The standard InChI is InChI=1S/C19H21FN2O5/c1-12(2)19(13-4-6-14(20)7-5-13)21-18(23)11-27-17-10-15(22(24)25)8-9-16(17)26-3/h4-10,12,19H,11H2,1-3H3,(H,21,23). The maximum atomic E-state index is 13.1. The van der Waals surface area contributed by atoms with Crippen LogP contribution in [-0.4, -0.2) is 24.5 Å². The van der Waals surface area contributed by atoms with Crippen LogP contribution in [0.15, 0.2) is 42.5 Å². The molecule has 2 aromatic rings. The van der Waals surface area contributed by atoms with Gasteiger partial charge in [-0.15, -0.1) is 0 Å². The van der Waals surface area contributed by atoms with E-state index in [4.69, 9.17) is 9.47 Å². The monoisotopic (exact) mass is 376 g/mol. The zero-order valence-electron chi connectivity index (χ0n) is 15.3. The lowest BCUT2D eigenvalue weighted by molar-refractivity contribution is -0.385. The average Bonchev–Trinajstić information content (AvgIpc) is 2.64. The van der Waals surface area contributed by atoms with E-state index in [9.17, 15) is 19.3 Å². The number of hydrogen-bond donors (Lipinski definition) is 1. The first-order valence-corrected chi connectivity index (χ1v) is 8.32. The second-order valence-corrected chi connectivity index (χ2v) is 6.22. The molecule has 27 heavy (non-hydrogen) atoms. The zero-order valence-corrected chi connectivity index (χ0v) is 15.3. The third-order valence-corrected chi connectivity index (χ3v) is 3.93. The molecule has 0 aromatic heterocycles. The van der Waals surface area contributed by atoms with Gasteiger partial charge in [0.25, 0.3) is 11.6 Å². The van der Waals surface area contributed by atoms with Crippen molar-refractivity contribution in [1.29, 1.82) is 0 Å². The van der Waals surface area contributed by atoms with Crippen molar-refractivity contribution < 1.29 is 23.6 Å². The molecule has 0 saturated heterocycles. The highest BCUT2D eigenvalue weighted by molar-refractivity contribution is 5.78. The third kappa shape index (κ3) is 5.40. The molecule has 1 amide bonds. The molecule has 2 aromatic carbocycles. The minimum atomic E-state index is -0.560. The van der Waals surface area contributed by atoms with Gasteiger partial charge in [0, 0.05) is 6.07 Å². The molecule has 7 nitrogen and oxygen atoms in total. The molecule has 1 unspecified atom stereocenters. The van der Waals surface area contributed by atoms with Crippen molar-refractivity contribution in [3.63, 3.8) is 0 Å². The van der Waals surface area contributed by atoms with Gasteiger partial charge in [0.2, 0.25) is 0 Å². The van der Waals surface area contributed by atoms with Crippen molar-refractivity contribution in [2.45, 2.75) is 19.9 Å². The number of hydrogen-bond acceptors (Lipinski definition) is 5. The van der Waals surface area contributed by atoms with Crippen molar-refractivity contribution in [3.8, 4) is 11.5 Å². The highest BCUT2D eigenvalue weighted by Gasteiger charge is 2.20. The Morgan fingerprint density at radius 1 is 1.19 bits per heavy atom. The number of amides is 1. The average molecular weight is 376 g/mol. The Morgan fingerprint density at radius 3 is 2.41 bits per heavy atom. The number of ether oxygens (including phenoxy) is 2. The number of methoxy groups -OCH3 is 1. The molecule has 2 rings (SSSR count). The smallest absolute Gasteiger partial charge is 0.273 e. The molecule has 144 valence electrons. The Hall–Kier alpha value is -3.16. The lowest BCUT2D eigenvalue weighted by Crippen LogP contribution is -2.35. The fourth-order valence-electron chi connectivity index (χ4n) is 2.56. The van der Waals surface area contributed by atoms with Gasteiger partial charge in [-0.2, -0.15) is 0 Å². The third-order valence-electron chi connectivity index (χ3n) is 3.93. The molecule has 0 aliphatic rings. The topological polar surface area (TPSA) is 90.7 Å². The fourth-order valence-corrected chi connectivity index (χ4v) is 2.56. The van der Waals surface area contributed by atoms with E-state index in [1.165, 1.54) is 37.4 Å². The summed E-state index contributed by atoms with van der Waals surface area (Å²) in [5.74, 6) is -0.316. The molecule has 1 atom stereocenters. The maximum Gasteiger partial charge on any atom is 0.273 e. The maximum absolute atomic E-state index is 13.1. The van der Waals surface area contributed by atoms with Crippen molar-refractivity contribution in [2.24, 2.45) is 5.92 Å². The summed E-state index contributed by atoms with van der Waals surface area (Å²) >= 11 is 0. The van der Waals surface area contributed by atoms with Crippen LogP contribution in [0.4, 0.5) is 10.1 Å². The Kier molecular flexibility index (Phi) is 6.70. The summed E-state index contributed by atoms with van der Waals surface area (Å²) in [6, 6.07) is 9.47. The summed E-state index contributed by atoms with van der Waals surface area (Å²) < 4.78 is 23.6. The number of nitro groups is 1. The molecule has 0 fully saturated rings. The molecular weight excluding hydrogens is 355 g/mol. The van der Waals surface area contributed by atoms with Crippen LogP contribution < -0.4 is 14.8 Å². The first kappa shape index (κ1) is 20.2. The van der Waals surface area contributed by atoms with Gasteiger partial charge in [-0.1, -0.05) is 26.0 Å². The highest BCUT2D eigenvalue weighted by atomic mass is 19.1. The number of rotatable bonds is 8. The van der Waals surface area contributed by atoms with E-state index in [1.54, 1.807) is 12.1 Å². The SMILES string of the molecule is COc1ccc([N+](=O)[O-])cc1OCC(=O)NC(c1ccc(F)cc1)C(C)C. The lowest BCUT2D eigenvalue weighted by Gasteiger charge is -2.23. The molecule has 8 heteroatoms. The zero-order chi connectivity index (χ0) is 20.0. The van der Waals surface area contributed by atoms with Crippen LogP contribution in [0.1, 0.15) is 25.5 Å². The van der Waals surface area contributed by atoms with Crippen molar-refractivity contribution >= 4 is 11.6 Å². The number of nitrogens with zero attached hydrogens (tertiary/aromatic N) is 1. The number of benzene rings is 2. The minimum Gasteiger partial charge on any atom is -0.493 e. The van der Waals surface area contributed by atoms with E-state index in [-0.39, 0.29) is 41.6 Å². The van der Waals surface area contributed by atoms with E-state index in [2.05, 4.69) is 5.32 Å². The van der Waals surface area contributed by atoms with E-state index >= 15 is 0 Å². The van der Waals surface area contributed by atoms with Crippen LogP contribution in [0.3, 0.4) is 0 Å². The summed E-state index contributed by atoms with van der Waals surface area (Å²) in [6.07, 6.45) is 0. The predicted octanol–water partition coefficient (Wildman–Crippen LogP) is 3.63. The summed E-state index contributed by atoms with van der Waals surface area (Å²) in [5.41, 5.74) is 0.602. The van der Waals surface area contributed by atoms with Gasteiger partial charge < -0.3 is 14.8 Å². The number of carbonyl (C=O) groups excluding carboxylic acids is 1. The Morgan fingerprint density at radius 2 is 1.85 bits per heavy atom. The van der Waals surface area contributed by atoms with Crippen LogP contribution in [0.25, 0.3) is 0 Å². The van der Waals surface area contributed by atoms with Gasteiger partial charge in [0.05, 0.1) is 24.1 Å². The van der Waals surface area contributed by atoms with Crippen LogP contribution in [0.2, 0.25) is 0 Å². The number of halogens is 1. The summed E-state index contributed by atoms with van der Waals surface area (Å²) in [5, 5.41) is 13.7. The molecule has 0 aliphatic heterocycles. The summed E-state index contributed by atoms with van der Waals surface area (Å²) in [6.45, 7) is 3.51. The predicted molar refractivity (Wildman–Crippen MR) is 97.3 cm³/mol. The first-order valence-electron chi connectivity index (χ1n) is 8.32. The second-order valence-electron chi connectivity index (χ2n) is 6.22. The normalized spacial score (nSPS) is 11.7.